The summed E-state index contributed by atoms with van der Waals surface area (Å²) in [6.45, 7) is 3.03. The Hall–Kier alpha value is -3.52. The fraction of sp³-hybridized carbons (Fsp3) is 0.440. The Labute approximate surface area is 229 Å². The molecule has 15 heteroatoms. The molecule has 212 valence electrons. The molecule has 2 N–H and O–H groups in total. The van der Waals surface area contributed by atoms with E-state index in [1.54, 1.807) is 4.90 Å². The van der Waals surface area contributed by atoms with Gasteiger partial charge >= 0.3 is 6.18 Å². The fourth-order valence-corrected chi connectivity index (χ4v) is 5.71. The first-order valence-corrected chi connectivity index (χ1v) is 12.9. The van der Waals surface area contributed by atoms with Crippen LogP contribution in [0.2, 0.25) is 5.02 Å². The highest BCUT2D eigenvalue weighted by Gasteiger charge is 2.59. The van der Waals surface area contributed by atoms with Crippen molar-refractivity contribution >= 4 is 29.1 Å². The van der Waals surface area contributed by atoms with Gasteiger partial charge in [-0.25, -0.2) is 13.8 Å². The second-order valence-corrected chi connectivity index (χ2v) is 10.8. The number of carbonyl (C=O) groups is 2. The fourth-order valence-electron chi connectivity index (χ4n) is 5.45. The summed E-state index contributed by atoms with van der Waals surface area (Å²) in [5, 5.41) is 9.41. The van der Waals surface area contributed by atoms with Crippen molar-refractivity contribution in [1.82, 2.24) is 29.5 Å². The average molecular weight is 584 g/mol. The summed E-state index contributed by atoms with van der Waals surface area (Å²) in [6.07, 6.45) is -3.58. The maximum atomic E-state index is 13.7. The molecule has 0 radical (unpaired) electrons. The number of hydrogen-bond donors (Lipinski definition) is 2. The van der Waals surface area contributed by atoms with Crippen LogP contribution in [0.15, 0.2) is 30.6 Å². The molecule has 2 aromatic heterocycles. The molecule has 1 aliphatic carbocycles. The van der Waals surface area contributed by atoms with Crippen molar-refractivity contribution < 1.29 is 31.5 Å². The molecule has 3 aromatic rings. The quantitative estimate of drug-likeness (QED) is 0.441. The third-order valence-corrected chi connectivity index (χ3v) is 8.03. The first-order valence-electron chi connectivity index (χ1n) is 12.5. The molecule has 40 heavy (non-hydrogen) atoms. The number of anilines is 1. The third-order valence-electron chi connectivity index (χ3n) is 7.71. The van der Waals surface area contributed by atoms with E-state index in [1.807, 2.05) is 0 Å². The zero-order valence-corrected chi connectivity index (χ0v) is 21.7. The summed E-state index contributed by atoms with van der Waals surface area (Å²) >= 11 is 6.38. The number of alkyl halides is 5. The molecule has 0 bridgehead atoms. The number of nitrogens with one attached hydrogen (secondary N) is 2. The van der Waals surface area contributed by atoms with Crippen LogP contribution in [-0.2, 0) is 13.2 Å². The Morgan fingerprint density at radius 2 is 1.85 bits per heavy atom. The summed E-state index contributed by atoms with van der Waals surface area (Å²) in [5.74, 6) is -3.48. The van der Waals surface area contributed by atoms with Crippen LogP contribution in [0.4, 0.5) is 27.6 Å². The molecule has 1 aromatic carbocycles. The van der Waals surface area contributed by atoms with Gasteiger partial charge in [0.25, 0.3) is 17.7 Å². The third kappa shape index (κ3) is 4.62. The van der Waals surface area contributed by atoms with Gasteiger partial charge in [-0.1, -0.05) is 11.6 Å². The highest BCUT2D eigenvalue weighted by Crippen LogP contribution is 2.53. The van der Waals surface area contributed by atoms with Gasteiger partial charge < -0.3 is 20.1 Å². The van der Waals surface area contributed by atoms with E-state index in [1.165, 1.54) is 25.2 Å². The molecule has 4 heterocycles. The van der Waals surface area contributed by atoms with Gasteiger partial charge in [0.05, 0.1) is 28.0 Å². The summed E-state index contributed by atoms with van der Waals surface area (Å²) in [7, 11) is 1.33. The van der Waals surface area contributed by atoms with Crippen LogP contribution in [0, 0.1) is 11.8 Å². The zero-order chi connectivity index (χ0) is 28.6. The Bertz CT molecular complexity index is 1510. The lowest BCUT2D eigenvalue weighted by atomic mass is 10.0. The summed E-state index contributed by atoms with van der Waals surface area (Å²) in [6, 6.07) is 2.96. The number of halogens is 6. The van der Waals surface area contributed by atoms with E-state index in [2.05, 4.69) is 20.7 Å². The van der Waals surface area contributed by atoms with Crippen molar-refractivity contribution in [3.63, 3.8) is 0 Å². The highest BCUT2D eigenvalue weighted by molar-refractivity contribution is 6.34. The molecule has 1 saturated carbocycles. The largest absolute Gasteiger partial charge is 0.435 e. The number of benzene rings is 1. The van der Waals surface area contributed by atoms with Crippen LogP contribution in [-0.4, -0.2) is 68.1 Å². The first-order chi connectivity index (χ1) is 18.8. The second-order valence-electron chi connectivity index (χ2n) is 10.4. The molecule has 2 aliphatic heterocycles. The van der Waals surface area contributed by atoms with Crippen LogP contribution in [0.1, 0.15) is 39.1 Å². The van der Waals surface area contributed by atoms with Crippen molar-refractivity contribution in [1.29, 1.82) is 0 Å². The van der Waals surface area contributed by atoms with Crippen molar-refractivity contribution in [2.24, 2.45) is 18.9 Å². The van der Waals surface area contributed by atoms with Gasteiger partial charge in [-0.2, -0.15) is 18.3 Å². The van der Waals surface area contributed by atoms with E-state index in [4.69, 9.17) is 11.6 Å². The van der Waals surface area contributed by atoms with Gasteiger partial charge in [-0.15, -0.1) is 0 Å². The van der Waals surface area contributed by atoms with Gasteiger partial charge in [-0.05, 0) is 30.0 Å². The van der Waals surface area contributed by atoms with Crippen LogP contribution >= 0.6 is 11.6 Å². The van der Waals surface area contributed by atoms with Crippen molar-refractivity contribution in [2.45, 2.75) is 24.6 Å². The van der Waals surface area contributed by atoms with Crippen LogP contribution in [0.5, 0.6) is 0 Å². The number of hydrogen-bond acceptors (Lipinski definition) is 5. The number of aromatic nitrogens is 4. The van der Waals surface area contributed by atoms with E-state index in [0.717, 1.165) is 30.1 Å². The number of amides is 2. The number of imidazole rings is 1. The maximum absolute atomic E-state index is 13.7. The van der Waals surface area contributed by atoms with Crippen molar-refractivity contribution in [3.8, 4) is 11.3 Å². The summed E-state index contributed by atoms with van der Waals surface area (Å²) in [5.41, 5.74) is -1.41. The lowest BCUT2D eigenvalue weighted by Crippen LogP contribution is -2.32. The standard InChI is InChI=1S/C25H23ClF5N7O2/c1-36-18(16-11-38(19-5-24(19,27)28)35-20(16)25(29,30)31)8-33-21(36)22(39)34-14-2-3-15(17(26)4-14)23(40)37-9-12-6-32-7-13(12)10-37/h2-4,8,11-13,19,32H,5-7,9-10H2,1H3,(H,34,39)/t12-,13-,19?/m1/s1. The predicted octanol–water partition coefficient (Wildman–Crippen LogP) is 4.08. The lowest BCUT2D eigenvalue weighted by Gasteiger charge is -2.18. The highest BCUT2D eigenvalue weighted by atomic mass is 35.5. The summed E-state index contributed by atoms with van der Waals surface area (Å²) < 4.78 is 69.8. The van der Waals surface area contributed by atoms with Crippen molar-refractivity contribution in [3.05, 3.63) is 52.7 Å². The first kappa shape index (κ1) is 26.7. The number of carbonyl (C=O) groups excluding carboxylic acids is 2. The van der Waals surface area contributed by atoms with Gasteiger partial charge in [0.1, 0.15) is 6.04 Å². The van der Waals surface area contributed by atoms with E-state index in [-0.39, 0.29) is 28.1 Å². The molecule has 0 spiro atoms. The van der Waals surface area contributed by atoms with Crippen LogP contribution in [0.25, 0.3) is 11.3 Å². The Morgan fingerprint density at radius 3 is 2.45 bits per heavy atom. The Balaban J connectivity index is 1.20. The van der Waals surface area contributed by atoms with Crippen LogP contribution in [0.3, 0.4) is 0 Å². The molecular weight excluding hydrogens is 561 g/mol. The lowest BCUT2D eigenvalue weighted by molar-refractivity contribution is -0.141. The zero-order valence-electron chi connectivity index (χ0n) is 21.0. The molecule has 9 nitrogen and oxygen atoms in total. The smallest absolute Gasteiger partial charge is 0.338 e. The van der Waals surface area contributed by atoms with Crippen LogP contribution < -0.4 is 10.6 Å². The molecule has 2 saturated heterocycles. The van der Waals surface area contributed by atoms with Gasteiger partial charge in [0.15, 0.2) is 11.5 Å². The minimum atomic E-state index is -4.92. The number of likely N-dealkylation sites (tertiary alicyclic amines) is 1. The van der Waals surface area contributed by atoms with E-state index >= 15 is 0 Å². The second kappa shape index (κ2) is 9.26. The normalized spacial score (nSPS) is 23.4. The monoisotopic (exact) mass is 583 g/mol. The number of rotatable bonds is 5. The Morgan fingerprint density at radius 1 is 1.18 bits per heavy atom. The van der Waals surface area contributed by atoms with Crippen molar-refractivity contribution in [2.75, 3.05) is 31.5 Å². The van der Waals surface area contributed by atoms with E-state index in [0.29, 0.717) is 35.2 Å². The van der Waals surface area contributed by atoms with E-state index < -0.39 is 41.7 Å². The topological polar surface area (TPSA) is 97.1 Å². The van der Waals surface area contributed by atoms with Gasteiger partial charge in [0, 0.05) is 51.5 Å². The van der Waals surface area contributed by atoms with Gasteiger partial charge in [-0.3, -0.25) is 14.3 Å². The molecule has 3 aliphatic rings. The molecule has 6 rings (SSSR count). The number of nitrogens with zero attached hydrogens (tertiary/aromatic N) is 5. The Kier molecular flexibility index (Phi) is 6.18. The average Bonchev–Trinajstić information content (AvgIpc) is 3.42. The summed E-state index contributed by atoms with van der Waals surface area (Å²) in [4.78, 5) is 31.7. The molecular formula is C25H23ClF5N7O2. The maximum Gasteiger partial charge on any atom is 0.435 e. The number of fused-ring (bicyclic) bond motifs is 1. The molecule has 3 atom stereocenters. The molecule has 3 fully saturated rings. The predicted molar refractivity (Wildman–Crippen MR) is 133 cm³/mol. The SMILES string of the molecule is Cn1c(-c2cn(C3CC3(F)F)nc2C(F)(F)F)cnc1C(=O)Nc1ccc(C(=O)N2C[C@H]3CNC[C@@H]3C2)c(Cl)c1. The minimum absolute atomic E-state index is 0.128. The van der Waals surface area contributed by atoms with E-state index in [9.17, 15) is 31.5 Å². The van der Waals surface area contributed by atoms with Gasteiger partial charge in [0.2, 0.25) is 0 Å². The molecule has 1 unspecified atom stereocenters. The molecule has 2 amide bonds. The minimum Gasteiger partial charge on any atom is -0.338 e.